The van der Waals surface area contributed by atoms with Crippen molar-refractivity contribution in [2.24, 2.45) is 0 Å². The van der Waals surface area contributed by atoms with Gasteiger partial charge in [-0.25, -0.2) is 9.68 Å². The third kappa shape index (κ3) is 7.19. The fourth-order valence-electron chi connectivity index (χ4n) is 0.127. The molecule has 0 bridgehead atoms. The van der Waals surface area contributed by atoms with Gasteiger partial charge in [0.1, 0.15) is 0 Å². The molecular formula is C4H8O5. The fourth-order valence-corrected chi connectivity index (χ4v) is 0.127. The third-order valence-electron chi connectivity index (χ3n) is 0.337. The Labute approximate surface area is 52.0 Å². The normalized spacial score (nSPS) is 9.67. The summed E-state index contributed by atoms with van der Waals surface area (Å²) < 4.78 is 0. The van der Waals surface area contributed by atoms with Crippen molar-refractivity contribution in [3.05, 3.63) is 0 Å². The molecule has 0 aromatic rings. The highest BCUT2D eigenvalue weighted by atomic mass is 17.5. The van der Waals surface area contributed by atoms with Gasteiger partial charge in [0, 0.05) is 0 Å². The minimum absolute atomic E-state index is 0.218. The summed E-state index contributed by atoms with van der Waals surface area (Å²) in [6, 6.07) is 0. The maximum Gasteiger partial charge on any atom is 0.540 e. The lowest BCUT2D eigenvalue weighted by Gasteiger charge is -2.00. The molecule has 0 spiro atoms. The molecule has 0 saturated heterocycles. The molecule has 0 aliphatic carbocycles. The largest absolute Gasteiger partial charge is 0.540 e. The van der Waals surface area contributed by atoms with Gasteiger partial charge in [0.25, 0.3) is 0 Å². The zero-order valence-corrected chi connectivity index (χ0v) is 5.16. The van der Waals surface area contributed by atoms with Crippen LogP contribution in [-0.2, 0) is 14.8 Å². The summed E-state index contributed by atoms with van der Waals surface area (Å²) in [7, 11) is 0. The van der Waals surface area contributed by atoms with Gasteiger partial charge < -0.3 is 5.11 Å². The van der Waals surface area contributed by atoms with Gasteiger partial charge in [-0.2, -0.15) is 4.89 Å². The molecule has 0 amide bonds. The lowest BCUT2D eigenvalue weighted by Crippen LogP contribution is -2.07. The molecule has 54 valence electrons. The van der Waals surface area contributed by atoms with Crippen molar-refractivity contribution < 1.29 is 24.7 Å². The van der Waals surface area contributed by atoms with Gasteiger partial charge in [-0.3, -0.25) is 0 Å². The van der Waals surface area contributed by atoms with Crippen LogP contribution in [0.25, 0.3) is 0 Å². The number of hydrogen-bond donors (Lipinski definition) is 1. The molecule has 0 saturated carbocycles. The summed E-state index contributed by atoms with van der Waals surface area (Å²) in [5, 5.41) is 11.6. The van der Waals surface area contributed by atoms with E-state index >= 15 is 0 Å². The Balaban J connectivity index is 3.01. The predicted octanol–water partition coefficient (Wildman–Crippen LogP) is 0.953. The van der Waals surface area contributed by atoms with Gasteiger partial charge in [-0.15, -0.1) is 0 Å². The molecule has 0 aromatic carbocycles. The molecule has 0 unspecified atom stereocenters. The monoisotopic (exact) mass is 136 g/mol. The Morgan fingerprint density at radius 2 is 2.11 bits per heavy atom. The van der Waals surface area contributed by atoms with Gasteiger partial charge in [0.2, 0.25) is 0 Å². The van der Waals surface area contributed by atoms with E-state index in [0.29, 0.717) is 0 Å². The Hall–Kier alpha value is -0.810. The van der Waals surface area contributed by atoms with Crippen molar-refractivity contribution >= 4 is 6.16 Å². The highest BCUT2D eigenvalue weighted by Crippen LogP contribution is 1.89. The average Bonchev–Trinajstić information content (AvgIpc) is 1.63. The van der Waals surface area contributed by atoms with Crippen molar-refractivity contribution in [3.8, 4) is 0 Å². The summed E-state index contributed by atoms with van der Waals surface area (Å²) in [4.78, 5) is 17.4. The van der Waals surface area contributed by atoms with E-state index in [4.69, 9.17) is 5.11 Å². The standard InChI is InChI=1S/C4H8O5/c1-3(2)7-9-8-4(5)6/h3H,1-2H3,(H,5,6). The Morgan fingerprint density at radius 1 is 1.56 bits per heavy atom. The second kappa shape index (κ2) is 4.11. The summed E-state index contributed by atoms with van der Waals surface area (Å²) >= 11 is 0. The highest BCUT2D eigenvalue weighted by molar-refractivity contribution is 5.55. The molecule has 5 nitrogen and oxygen atoms in total. The van der Waals surface area contributed by atoms with E-state index in [2.05, 4.69) is 14.8 Å². The van der Waals surface area contributed by atoms with Gasteiger partial charge in [0.05, 0.1) is 6.10 Å². The number of carboxylic acid groups (broad SMARTS) is 1. The van der Waals surface area contributed by atoms with Crippen LogP contribution in [0.5, 0.6) is 0 Å². The van der Waals surface area contributed by atoms with Crippen LogP contribution >= 0.6 is 0 Å². The summed E-state index contributed by atoms with van der Waals surface area (Å²) in [5.74, 6) is 0. The van der Waals surface area contributed by atoms with Gasteiger partial charge in [0.15, 0.2) is 0 Å². The van der Waals surface area contributed by atoms with Crippen LogP contribution < -0.4 is 0 Å². The molecule has 0 aliphatic rings. The first kappa shape index (κ1) is 8.19. The molecule has 0 atom stereocenters. The SMILES string of the molecule is CC(C)OOOC(=O)O. The molecular weight excluding hydrogens is 128 g/mol. The summed E-state index contributed by atoms with van der Waals surface area (Å²) in [6.45, 7) is 3.34. The minimum atomic E-state index is -1.53. The van der Waals surface area contributed by atoms with E-state index in [9.17, 15) is 4.79 Å². The minimum Gasteiger partial charge on any atom is -0.448 e. The van der Waals surface area contributed by atoms with E-state index in [0.717, 1.165) is 0 Å². The van der Waals surface area contributed by atoms with Gasteiger partial charge >= 0.3 is 6.16 Å². The van der Waals surface area contributed by atoms with Crippen molar-refractivity contribution in [2.75, 3.05) is 0 Å². The Bertz CT molecular complexity index is 89.0. The molecule has 0 aliphatic heterocycles. The average molecular weight is 136 g/mol. The van der Waals surface area contributed by atoms with Gasteiger partial charge in [-0.05, 0) is 18.9 Å². The lowest BCUT2D eigenvalue weighted by molar-refractivity contribution is -0.497. The molecule has 0 heterocycles. The molecule has 0 radical (unpaired) electrons. The zero-order valence-electron chi connectivity index (χ0n) is 5.16. The van der Waals surface area contributed by atoms with E-state index in [1.165, 1.54) is 0 Å². The topological polar surface area (TPSA) is 65.0 Å². The predicted molar refractivity (Wildman–Crippen MR) is 26.4 cm³/mol. The van der Waals surface area contributed by atoms with E-state index in [1.54, 1.807) is 13.8 Å². The fraction of sp³-hybridized carbons (Fsp3) is 0.750. The van der Waals surface area contributed by atoms with E-state index < -0.39 is 6.16 Å². The molecule has 9 heavy (non-hydrogen) atoms. The van der Waals surface area contributed by atoms with Crippen molar-refractivity contribution in [1.82, 2.24) is 0 Å². The van der Waals surface area contributed by atoms with Crippen LogP contribution in [0.2, 0.25) is 0 Å². The smallest absolute Gasteiger partial charge is 0.448 e. The van der Waals surface area contributed by atoms with Crippen LogP contribution in [0.1, 0.15) is 13.8 Å². The molecule has 5 heteroatoms. The maximum atomic E-state index is 9.55. The van der Waals surface area contributed by atoms with Crippen LogP contribution in [0.3, 0.4) is 0 Å². The second-order valence-corrected chi connectivity index (χ2v) is 1.56. The van der Waals surface area contributed by atoms with Crippen LogP contribution in [0.4, 0.5) is 4.79 Å². The van der Waals surface area contributed by atoms with Crippen LogP contribution in [0, 0.1) is 0 Å². The number of rotatable bonds is 3. The number of carbonyl (C=O) groups is 1. The maximum absolute atomic E-state index is 9.55. The second-order valence-electron chi connectivity index (χ2n) is 1.56. The third-order valence-corrected chi connectivity index (χ3v) is 0.337. The molecule has 0 aromatic heterocycles. The summed E-state index contributed by atoms with van der Waals surface area (Å²) in [6.07, 6.45) is -1.75. The first-order valence-corrected chi connectivity index (χ1v) is 2.36. The quantitative estimate of drug-likeness (QED) is 0.462. The molecule has 1 N–H and O–H groups in total. The zero-order chi connectivity index (χ0) is 7.28. The Kier molecular flexibility index (Phi) is 3.74. The molecule has 0 fully saturated rings. The number of hydrogen-bond acceptors (Lipinski definition) is 4. The van der Waals surface area contributed by atoms with Crippen LogP contribution in [0.15, 0.2) is 0 Å². The van der Waals surface area contributed by atoms with Crippen molar-refractivity contribution in [2.45, 2.75) is 20.0 Å². The van der Waals surface area contributed by atoms with E-state index in [1.807, 2.05) is 0 Å². The van der Waals surface area contributed by atoms with E-state index in [-0.39, 0.29) is 6.10 Å². The van der Waals surface area contributed by atoms with Crippen molar-refractivity contribution in [3.63, 3.8) is 0 Å². The lowest BCUT2D eigenvalue weighted by atomic mass is 10.5. The van der Waals surface area contributed by atoms with Gasteiger partial charge in [-0.1, -0.05) is 0 Å². The Morgan fingerprint density at radius 3 is 2.44 bits per heavy atom. The highest BCUT2D eigenvalue weighted by Gasteiger charge is 1.99. The van der Waals surface area contributed by atoms with Crippen molar-refractivity contribution in [1.29, 1.82) is 0 Å². The molecule has 0 rings (SSSR count). The summed E-state index contributed by atoms with van der Waals surface area (Å²) in [5.41, 5.74) is 0. The first-order chi connectivity index (χ1) is 4.13. The first-order valence-electron chi connectivity index (χ1n) is 2.36. The van der Waals surface area contributed by atoms with Crippen LogP contribution in [-0.4, -0.2) is 17.4 Å².